The van der Waals surface area contributed by atoms with Crippen LogP contribution in [-0.2, 0) is 34.2 Å². The average Bonchev–Trinajstić information content (AvgIpc) is 2.72. The summed E-state index contributed by atoms with van der Waals surface area (Å²) in [6, 6.07) is 12.9. The molecule has 8 heteroatoms. The minimum atomic E-state index is -3.45. The summed E-state index contributed by atoms with van der Waals surface area (Å²) >= 11 is 0. The number of fused-ring (bicyclic) bond motifs is 1. The molecule has 0 spiro atoms. The molecular weight excluding hydrogens is 392 g/mol. The van der Waals surface area contributed by atoms with E-state index < -0.39 is 10.0 Å². The number of nitrogens with zero attached hydrogens (tertiary/aromatic N) is 1. The van der Waals surface area contributed by atoms with Gasteiger partial charge in [-0.15, -0.1) is 0 Å². The van der Waals surface area contributed by atoms with Gasteiger partial charge in [0.1, 0.15) is 11.5 Å². The molecule has 0 fully saturated rings. The van der Waals surface area contributed by atoms with Crippen LogP contribution in [0.1, 0.15) is 16.7 Å². The van der Waals surface area contributed by atoms with E-state index in [0.29, 0.717) is 25.3 Å². The molecule has 1 N–H and O–H groups in total. The molecule has 0 aliphatic carbocycles. The zero-order chi connectivity index (χ0) is 20.9. The zero-order valence-corrected chi connectivity index (χ0v) is 17.5. The van der Waals surface area contributed by atoms with E-state index >= 15 is 0 Å². The predicted octanol–water partition coefficient (Wildman–Crippen LogP) is 1.75. The van der Waals surface area contributed by atoms with Crippen molar-refractivity contribution in [2.24, 2.45) is 0 Å². The Hall–Kier alpha value is -2.58. The largest absolute Gasteiger partial charge is 0.497 e. The predicted molar refractivity (Wildman–Crippen MR) is 111 cm³/mol. The molecule has 1 aliphatic rings. The number of hydrogen-bond acceptors (Lipinski definition) is 5. The number of benzene rings is 2. The molecule has 1 heterocycles. The SMILES string of the molecule is COc1cccc(CC(=O)NCCS(=O)(=O)N2CCc3cc(OC)ccc3C2)c1. The quantitative estimate of drug-likeness (QED) is 0.706. The highest BCUT2D eigenvalue weighted by molar-refractivity contribution is 7.89. The first-order valence-corrected chi connectivity index (χ1v) is 11.1. The minimum Gasteiger partial charge on any atom is -0.497 e. The lowest BCUT2D eigenvalue weighted by atomic mass is 10.0. The van der Waals surface area contributed by atoms with Crippen molar-refractivity contribution in [1.82, 2.24) is 9.62 Å². The van der Waals surface area contributed by atoms with E-state index in [1.165, 1.54) is 4.31 Å². The van der Waals surface area contributed by atoms with Crippen molar-refractivity contribution in [3.63, 3.8) is 0 Å². The van der Waals surface area contributed by atoms with E-state index in [4.69, 9.17) is 9.47 Å². The Bertz CT molecular complexity index is 975. The third-order valence-electron chi connectivity index (χ3n) is 4.97. The highest BCUT2D eigenvalue weighted by Gasteiger charge is 2.26. The van der Waals surface area contributed by atoms with Crippen molar-refractivity contribution in [2.75, 3.05) is 33.1 Å². The second-order valence-electron chi connectivity index (χ2n) is 6.91. The van der Waals surface area contributed by atoms with Crippen LogP contribution in [0.2, 0.25) is 0 Å². The van der Waals surface area contributed by atoms with Gasteiger partial charge in [-0.1, -0.05) is 18.2 Å². The van der Waals surface area contributed by atoms with Gasteiger partial charge in [0.2, 0.25) is 15.9 Å². The number of ether oxygens (including phenoxy) is 2. The van der Waals surface area contributed by atoms with Crippen LogP contribution in [0.5, 0.6) is 11.5 Å². The lowest BCUT2D eigenvalue weighted by Gasteiger charge is -2.28. The fourth-order valence-electron chi connectivity index (χ4n) is 3.35. The minimum absolute atomic E-state index is 0.0805. The number of carbonyl (C=O) groups is 1. The van der Waals surface area contributed by atoms with Gasteiger partial charge < -0.3 is 14.8 Å². The summed E-state index contributed by atoms with van der Waals surface area (Å²) in [5, 5.41) is 2.70. The van der Waals surface area contributed by atoms with E-state index in [9.17, 15) is 13.2 Å². The van der Waals surface area contributed by atoms with Crippen molar-refractivity contribution in [3.05, 3.63) is 59.2 Å². The molecule has 29 heavy (non-hydrogen) atoms. The normalized spacial score (nSPS) is 14.1. The van der Waals surface area contributed by atoms with Gasteiger partial charge in [0, 0.05) is 19.6 Å². The summed E-state index contributed by atoms with van der Waals surface area (Å²) in [6.07, 6.45) is 0.824. The number of methoxy groups -OCH3 is 2. The van der Waals surface area contributed by atoms with Crippen molar-refractivity contribution in [3.8, 4) is 11.5 Å². The molecule has 0 aromatic heterocycles. The van der Waals surface area contributed by atoms with Gasteiger partial charge in [-0.3, -0.25) is 4.79 Å². The summed E-state index contributed by atoms with van der Waals surface area (Å²) < 4.78 is 37.2. The van der Waals surface area contributed by atoms with Crippen LogP contribution in [0.4, 0.5) is 0 Å². The standard InChI is InChI=1S/C21H26N2O5S/c1-27-19-5-3-4-16(12-19)13-21(24)22-9-11-29(25,26)23-10-8-17-14-20(28-2)7-6-18(17)15-23/h3-7,12,14H,8-11,13,15H2,1-2H3,(H,22,24). The Morgan fingerprint density at radius 1 is 1.07 bits per heavy atom. The third-order valence-corrected chi connectivity index (χ3v) is 6.78. The number of nitrogens with one attached hydrogen (secondary N) is 1. The fraction of sp³-hybridized carbons (Fsp3) is 0.381. The van der Waals surface area contributed by atoms with Crippen LogP contribution in [0, 0.1) is 0 Å². The first-order chi connectivity index (χ1) is 13.9. The van der Waals surface area contributed by atoms with Crippen molar-refractivity contribution < 1.29 is 22.7 Å². The molecule has 0 saturated heterocycles. The molecule has 7 nitrogen and oxygen atoms in total. The molecule has 1 aliphatic heterocycles. The third kappa shape index (κ3) is 5.48. The lowest BCUT2D eigenvalue weighted by molar-refractivity contribution is -0.120. The van der Waals surface area contributed by atoms with E-state index in [1.54, 1.807) is 26.4 Å². The maximum Gasteiger partial charge on any atom is 0.224 e. The van der Waals surface area contributed by atoms with Crippen molar-refractivity contribution in [2.45, 2.75) is 19.4 Å². The van der Waals surface area contributed by atoms with Crippen LogP contribution >= 0.6 is 0 Å². The number of sulfonamides is 1. The lowest BCUT2D eigenvalue weighted by Crippen LogP contribution is -2.40. The second-order valence-corrected chi connectivity index (χ2v) is 9.00. The van der Waals surface area contributed by atoms with E-state index in [2.05, 4.69) is 5.32 Å². The highest BCUT2D eigenvalue weighted by Crippen LogP contribution is 2.25. The Morgan fingerprint density at radius 3 is 2.59 bits per heavy atom. The molecule has 1 amide bonds. The Morgan fingerprint density at radius 2 is 1.83 bits per heavy atom. The monoisotopic (exact) mass is 418 g/mol. The molecule has 2 aromatic carbocycles. The molecule has 0 atom stereocenters. The maximum absolute atomic E-state index is 12.7. The van der Waals surface area contributed by atoms with Gasteiger partial charge in [0.25, 0.3) is 0 Å². The fourth-order valence-corrected chi connectivity index (χ4v) is 4.67. The van der Waals surface area contributed by atoms with Gasteiger partial charge in [0.05, 0.1) is 26.4 Å². The number of amides is 1. The van der Waals surface area contributed by atoms with Crippen molar-refractivity contribution >= 4 is 15.9 Å². The molecule has 0 saturated carbocycles. The molecule has 0 unspecified atom stereocenters. The van der Waals surface area contributed by atoms with Gasteiger partial charge in [-0.05, 0) is 47.4 Å². The van der Waals surface area contributed by atoms with Crippen molar-refractivity contribution in [1.29, 1.82) is 0 Å². The number of carbonyl (C=O) groups excluding carboxylic acids is 1. The summed E-state index contributed by atoms with van der Waals surface area (Å²) in [4.78, 5) is 12.1. The Balaban J connectivity index is 1.51. The van der Waals surface area contributed by atoms with Gasteiger partial charge in [0.15, 0.2) is 0 Å². The van der Waals surface area contributed by atoms with Crippen LogP contribution in [0.3, 0.4) is 0 Å². The molecular formula is C21H26N2O5S. The van der Waals surface area contributed by atoms with Crippen LogP contribution in [0.15, 0.2) is 42.5 Å². The molecule has 0 radical (unpaired) electrons. The average molecular weight is 419 g/mol. The maximum atomic E-state index is 12.7. The Labute approximate surface area is 171 Å². The Kier molecular flexibility index (Phi) is 6.76. The van der Waals surface area contributed by atoms with E-state index in [1.807, 2.05) is 30.3 Å². The number of hydrogen-bond donors (Lipinski definition) is 1. The molecule has 3 rings (SSSR count). The summed E-state index contributed by atoms with van der Waals surface area (Å²) in [6.45, 7) is 0.858. The molecule has 2 aromatic rings. The van der Waals surface area contributed by atoms with Gasteiger partial charge in [-0.25, -0.2) is 8.42 Å². The number of rotatable bonds is 8. The van der Waals surface area contributed by atoms with Gasteiger partial charge in [-0.2, -0.15) is 4.31 Å². The smallest absolute Gasteiger partial charge is 0.224 e. The van der Waals surface area contributed by atoms with Crippen LogP contribution < -0.4 is 14.8 Å². The topological polar surface area (TPSA) is 84.9 Å². The van der Waals surface area contributed by atoms with E-state index in [0.717, 1.165) is 22.4 Å². The first-order valence-electron chi connectivity index (χ1n) is 9.44. The van der Waals surface area contributed by atoms with E-state index in [-0.39, 0.29) is 24.6 Å². The summed E-state index contributed by atoms with van der Waals surface area (Å²) in [7, 11) is -0.270. The highest BCUT2D eigenvalue weighted by atomic mass is 32.2. The molecule has 156 valence electrons. The zero-order valence-electron chi connectivity index (χ0n) is 16.7. The summed E-state index contributed by atoms with van der Waals surface area (Å²) in [5.41, 5.74) is 2.91. The second kappa shape index (κ2) is 9.28. The summed E-state index contributed by atoms with van der Waals surface area (Å²) in [5.74, 6) is 1.12. The molecule has 0 bridgehead atoms. The van der Waals surface area contributed by atoms with Crippen LogP contribution in [0.25, 0.3) is 0 Å². The van der Waals surface area contributed by atoms with Gasteiger partial charge >= 0.3 is 0 Å². The van der Waals surface area contributed by atoms with Crippen LogP contribution in [-0.4, -0.2) is 51.7 Å². The first kappa shape index (κ1) is 21.1.